The molecule has 0 unspecified atom stereocenters. The predicted octanol–water partition coefficient (Wildman–Crippen LogP) is 2.27. The Bertz CT molecular complexity index is 578. The van der Waals surface area contributed by atoms with Crippen LogP contribution in [0.25, 0.3) is 0 Å². The zero-order valence-corrected chi connectivity index (χ0v) is 14.6. The number of nitrogens with one attached hydrogen (secondary N) is 2. The third-order valence-corrected chi connectivity index (χ3v) is 4.59. The molecule has 2 fully saturated rings. The van der Waals surface area contributed by atoms with E-state index in [9.17, 15) is 4.79 Å². The van der Waals surface area contributed by atoms with Crippen molar-refractivity contribution in [3.05, 3.63) is 35.4 Å². The number of nitrogens with zero attached hydrogens (tertiary/aromatic N) is 2. The number of hydrogen-bond acceptors (Lipinski definition) is 2. The van der Waals surface area contributed by atoms with Gasteiger partial charge in [-0.3, -0.25) is 4.79 Å². The van der Waals surface area contributed by atoms with Crippen LogP contribution in [-0.4, -0.2) is 36.4 Å². The van der Waals surface area contributed by atoms with Gasteiger partial charge in [0, 0.05) is 32.6 Å². The Morgan fingerprint density at radius 1 is 1.21 bits per heavy atom. The lowest BCUT2D eigenvalue weighted by Crippen LogP contribution is -2.38. The molecule has 5 heteroatoms. The van der Waals surface area contributed by atoms with Crippen molar-refractivity contribution in [2.24, 2.45) is 10.9 Å². The van der Waals surface area contributed by atoms with Crippen molar-refractivity contribution in [2.75, 3.05) is 19.6 Å². The van der Waals surface area contributed by atoms with Crippen molar-refractivity contribution in [2.45, 2.75) is 45.7 Å². The number of rotatable bonds is 7. The summed E-state index contributed by atoms with van der Waals surface area (Å²) in [7, 11) is 0. The highest BCUT2D eigenvalue weighted by Gasteiger charge is 2.21. The minimum atomic E-state index is 0.278. The fourth-order valence-electron chi connectivity index (χ4n) is 2.92. The molecular formula is C19H28N4O. The number of carbonyl (C=O) groups excluding carboxylic acids is 1. The summed E-state index contributed by atoms with van der Waals surface area (Å²) < 4.78 is 0. The fourth-order valence-corrected chi connectivity index (χ4v) is 2.92. The van der Waals surface area contributed by atoms with Gasteiger partial charge < -0.3 is 15.5 Å². The van der Waals surface area contributed by atoms with E-state index in [1.54, 1.807) is 0 Å². The van der Waals surface area contributed by atoms with Crippen LogP contribution < -0.4 is 10.6 Å². The first-order valence-electron chi connectivity index (χ1n) is 9.12. The average Bonchev–Trinajstić information content (AvgIpc) is 3.34. The lowest BCUT2D eigenvalue weighted by atomic mass is 10.1. The van der Waals surface area contributed by atoms with E-state index in [0.29, 0.717) is 13.0 Å². The van der Waals surface area contributed by atoms with Crippen molar-refractivity contribution in [3.8, 4) is 0 Å². The van der Waals surface area contributed by atoms with E-state index in [2.05, 4.69) is 46.8 Å². The van der Waals surface area contributed by atoms with Crippen LogP contribution in [0.2, 0.25) is 0 Å². The quantitative estimate of drug-likeness (QED) is 0.596. The molecule has 1 heterocycles. The van der Waals surface area contributed by atoms with Crippen molar-refractivity contribution in [1.29, 1.82) is 0 Å². The highest BCUT2D eigenvalue weighted by atomic mass is 16.2. The van der Waals surface area contributed by atoms with Gasteiger partial charge in [0.15, 0.2) is 5.96 Å². The maximum atomic E-state index is 11.7. The summed E-state index contributed by atoms with van der Waals surface area (Å²) in [6, 6.07) is 8.45. The molecule has 130 valence electrons. The van der Waals surface area contributed by atoms with Gasteiger partial charge in [0.2, 0.25) is 5.91 Å². The van der Waals surface area contributed by atoms with Gasteiger partial charge in [-0.2, -0.15) is 0 Å². The standard InChI is InChI=1S/C19H28N4O/c1-2-20-19(21-12-15-5-6-15)22-13-16-7-9-17(10-8-16)14-23-11-3-4-18(23)24/h7-10,15H,2-6,11-14H2,1H3,(H2,20,21,22). The van der Waals surface area contributed by atoms with E-state index >= 15 is 0 Å². The molecule has 2 N–H and O–H groups in total. The van der Waals surface area contributed by atoms with Crippen LogP contribution >= 0.6 is 0 Å². The number of carbonyl (C=O) groups is 1. The number of likely N-dealkylation sites (tertiary alicyclic amines) is 1. The molecule has 24 heavy (non-hydrogen) atoms. The minimum Gasteiger partial charge on any atom is -0.357 e. The molecule has 0 spiro atoms. The lowest BCUT2D eigenvalue weighted by molar-refractivity contribution is -0.128. The summed E-state index contributed by atoms with van der Waals surface area (Å²) in [4.78, 5) is 18.3. The SMILES string of the molecule is CCNC(=NCc1ccc(CN2CCCC2=O)cc1)NCC1CC1. The highest BCUT2D eigenvalue weighted by molar-refractivity contribution is 5.79. The van der Waals surface area contributed by atoms with Gasteiger partial charge in [0.1, 0.15) is 0 Å². The topological polar surface area (TPSA) is 56.7 Å². The summed E-state index contributed by atoms with van der Waals surface area (Å²) in [5.41, 5.74) is 2.38. The molecule has 0 bridgehead atoms. The van der Waals surface area contributed by atoms with Gasteiger partial charge in [-0.05, 0) is 43.2 Å². The molecule has 1 aromatic rings. The van der Waals surface area contributed by atoms with Crippen LogP contribution in [0.4, 0.5) is 0 Å². The first kappa shape index (κ1) is 16.8. The molecule has 1 aliphatic heterocycles. The van der Waals surface area contributed by atoms with E-state index in [1.807, 2.05) is 4.90 Å². The Balaban J connectivity index is 1.51. The molecular weight excluding hydrogens is 300 g/mol. The van der Waals surface area contributed by atoms with Gasteiger partial charge in [-0.1, -0.05) is 24.3 Å². The highest BCUT2D eigenvalue weighted by Crippen LogP contribution is 2.27. The molecule has 1 amide bonds. The molecule has 2 aliphatic rings. The summed E-state index contributed by atoms with van der Waals surface area (Å²) >= 11 is 0. The van der Waals surface area contributed by atoms with Gasteiger partial charge >= 0.3 is 0 Å². The lowest BCUT2D eigenvalue weighted by Gasteiger charge is -2.15. The van der Waals surface area contributed by atoms with E-state index in [-0.39, 0.29) is 5.91 Å². The van der Waals surface area contributed by atoms with Crippen LogP contribution in [0.3, 0.4) is 0 Å². The number of amides is 1. The van der Waals surface area contributed by atoms with Crippen molar-refractivity contribution < 1.29 is 4.79 Å². The monoisotopic (exact) mass is 328 g/mol. The van der Waals surface area contributed by atoms with Crippen molar-refractivity contribution in [1.82, 2.24) is 15.5 Å². The third kappa shape index (κ3) is 4.98. The third-order valence-electron chi connectivity index (χ3n) is 4.59. The maximum absolute atomic E-state index is 11.7. The summed E-state index contributed by atoms with van der Waals surface area (Å²) in [5.74, 6) is 2.01. The molecule has 5 nitrogen and oxygen atoms in total. The second kappa shape index (κ2) is 8.18. The zero-order valence-electron chi connectivity index (χ0n) is 14.6. The molecule has 1 saturated heterocycles. The number of hydrogen-bond donors (Lipinski definition) is 2. The van der Waals surface area contributed by atoms with Crippen molar-refractivity contribution in [3.63, 3.8) is 0 Å². The number of guanidine groups is 1. The van der Waals surface area contributed by atoms with Crippen molar-refractivity contribution >= 4 is 11.9 Å². The molecule has 3 rings (SSSR count). The molecule has 0 aromatic heterocycles. The van der Waals surface area contributed by atoms with E-state index in [0.717, 1.165) is 44.5 Å². The first-order chi connectivity index (χ1) is 11.7. The fraction of sp³-hybridized carbons (Fsp3) is 0.579. The first-order valence-corrected chi connectivity index (χ1v) is 9.12. The predicted molar refractivity (Wildman–Crippen MR) is 96.6 cm³/mol. The second-order valence-corrected chi connectivity index (χ2v) is 6.75. The van der Waals surface area contributed by atoms with Gasteiger partial charge in [-0.25, -0.2) is 4.99 Å². The second-order valence-electron chi connectivity index (χ2n) is 6.75. The van der Waals surface area contributed by atoms with E-state index in [4.69, 9.17) is 0 Å². The van der Waals surface area contributed by atoms with Gasteiger partial charge in [-0.15, -0.1) is 0 Å². The average molecular weight is 328 g/mol. The van der Waals surface area contributed by atoms with Gasteiger partial charge in [0.05, 0.1) is 6.54 Å². The minimum absolute atomic E-state index is 0.278. The zero-order chi connectivity index (χ0) is 16.8. The summed E-state index contributed by atoms with van der Waals surface area (Å²) in [6.45, 7) is 6.27. The number of aliphatic imine (C=N–C) groups is 1. The molecule has 0 atom stereocenters. The Morgan fingerprint density at radius 2 is 1.96 bits per heavy atom. The van der Waals surface area contributed by atoms with Crippen LogP contribution in [-0.2, 0) is 17.9 Å². The van der Waals surface area contributed by atoms with Crippen LogP contribution in [0.15, 0.2) is 29.3 Å². The summed E-state index contributed by atoms with van der Waals surface area (Å²) in [5, 5.41) is 6.71. The molecule has 1 aliphatic carbocycles. The molecule has 1 aromatic carbocycles. The normalized spacial score (nSPS) is 18.1. The van der Waals surface area contributed by atoms with E-state index < -0.39 is 0 Å². The van der Waals surface area contributed by atoms with Crippen LogP contribution in [0, 0.1) is 5.92 Å². The van der Waals surface area contributed by atoms with Crippen LogP contribution in [0.5, 0.6) is 0 Å². The Kier molecular flexibility index (Phi) is 5.72. The van der Waals surface area contributed by atoms with Gasteiger partial charge in [0.25, 0.3) is 0 Å². The largest absolute Gasteiger partial charge is 0.357 e. The van der Waals surface area contributed by atoms with Crippen LogP contribution in [0.1, 0.15) is 43.7 Å². The molecule has 1 saturated carbocycles. The maximum Gasteiger partial charge on any atom is 0.222 e. The Labute approximate surface area is 144 Å². The molecule has 0 radical (unpaired) electrons. The number of benzene rings is 1. The Morgan fingerprint density at radius 3 is 2.58 bits per heavy atom. The van der Waals surface area contributed by atoms with E-state index in [1.165, 1.54) is 24.0 Å². The summed E-state index contributed by atoms with van der Waals surface area (Å²) in [6.07, 6.45) is 4.38. The smallest absolute Gasteiger partial charge is 0.222 e. The Hall–Kier alpha value is -2.04.